The fourth-order valence-electron chi connectivity index (χ4n) is 3.65. The first-order valence-electron chi connectivity index (χ1n) is 10.6. The summed E-state index contributed by atoms with van der Waals surface area (Å²) in [4.78, 5) is 14.9. The van der Waals surface area contributed by atoms with E-state index in [0.29, 0.717) is 34.5 Å². The van der Waals surface area contributed by atoms with Crippen LogP contribution in [0.4, 0.5) is 11.7 Å². The van der Waals surface area contributed by atoms with Crippen molar-refractivity contribution < 1.29 is 13.9 Å². The quantitative estimate of drug-likeness (QED) is 0.506. The third-order valence-corrected chi connectivity index (χ3v) is 5.28. The molecule has 2 heterocycles. The van der Waals surface area contributed by atoms with Crippen molar-refractivity contribution in [3.05, 3.63) is 54.1 Å². The number of methoxy groups -OCH3 is 1. The molecule has 1 amide bonds. The molecule has 1 fully saturated rings. The summed E-state index contributed by atoms with van der Waals surface area (Å²) in [6, 6.07) is 14.8. The topological polar surface area (TPSA) is 92.5 Å². The summed E-state index contributed by atoms with van der Waals surface area (Å²) in [7, 11) is 1.56. The predicted octanol–water partition coefficient (Wildman–Crippen LogP) is 3.90. The summed E-state index contributed by atoms with van der Waals surface area (Å²) in [5, 5.41) is 14.3. The molecule has 0 bridgehead atoms. The molecule has 31 heavy (non-hydrogen) atoms. The zero-order chi connectivity index (χ0) is 21.5. The van der Waals surface area contributed by atoms with Crippen molar-refractivity contribution in [2.75, 3.05) is 43.9 Å². The molecule has 1 aromatic heterocycles. The molecule has 2 aromatic carbocycles. The van der Waals surface area contributed by atoms with E-state index in [0.717, 1.165) is 19.5 Å². The fraction of sp³-hybridized carbons (Fsp3) is 0.348. The average Bonchev–Trinajstić information content (AvgIpc) is 3.49. The minimum absolute atomic E-state index is 0.186. The molecule has 0 aliphatic carbocycles. The third-order valence-electron chi connectivity index (χ3n) is 5.28. The van der Waals surface area contributed by atoms with E-state index in [4.69, 9.17) is 9.15 Å². The SMILES string of the molecule is COc1cc(NC(=O)c2ccccc2)ccc1-c1nnc(NCCCN2CCCC2)o1. The van der Waals surface area contributed by atoms with Gasteiger partial charge >= 0.3 is 6.01 Å². The van der Waals surface area contributed by atoms with Gasteiger partial charge < -0.3 is 24.7 Å². The minimum atomic E-state index is -0.186. The standard InChI is InChI=1S/C23H27N5O3/c1-30-20-16-18(25-21(29)17-8-3-2-4-9-17)10-11-19(20)22-26-27-23(31-22)24-12-7-15-28-13-5-6-14-28/h2-4,8-11,16H,5-7,12-15H2,1H3,(H,24,27)(H,25,29). The number of rotatable bonds is 9. The Hall–Kier alpha value is -3.39. The van der Waals surface area contributed by atoms with Gasteiger partial charge in [0, 0.05) is 23.9 Å². The van der Waals surface area contributed by atoms with Gasteiger partial charge in [0.2, 0.25) is 0 Å². The van der Waals surface area contributed by atoms with Crippen LogP contribution in [0.25, 0.3) is 11.5 Å². The van der Waals surface area contributed by atoms with Gasteiger partial charge in [-0.3, -0.25) is 4.79 Å². The second-order valence-electron chi connectivity index (χ2n) is 7.48. The van der Waals surface area contributed by atoms with Crippen molar-refractivity contribution in [3.8, 4) is 17.2 Å². The summed E-state index contributed by atoms with van der Waals surface area (Å²) in [6.07, 6.45) is 3.63. The summed E-state index contributed by atoms with van der Waals surface area (Å²) in [5.41, 5.74) is 1.87. The number of anilines is 2. The Balaban J connectivity index is 1.37. The number of benzene rings is 2. The smallest absolute Gasteiger partial charge is 0.315 e. The molecule has 0 spiro atoms. The Labute approximate surface area is 181 Å². The van der Waals surface area contributed by atoms with Crippen molar-refractivity contribution in [3.63, 3.8) is 0 Å². The molecular weight excluding hydrogens is 394 g/mol. The first-order valence-corrected chi connectivity index (χ1v) is 10.6. The van der Waals surface area contributed by atoms with E-state index in [9.17, 15) is 4.79 Å². The number of carbonyl (C=O) groups excluding carboxylic acids is 1. The average molecular weight is 422 g/mol. The van der Waals surface area contributed by atoms with E-state index in [1.54, 1.807) is 37.4 Å². The van der Waals surface area contributed by atoms with Crippen LogP contribution in [0, 0.1) is 0 Å². The predicted molar refractivity (Wildman–Crippen MR) is 119 cm³/mol. The number of carbonyl (C=O) groups is 1. The van der Waals surface area contributed by atoms with Gasteiger partial charge in [-0.1, -0.05) is 23.3 Å². The van der Waals surface area contributed by atoms with E-state index in [1.165, 1.54) is 25.9 Å². The molecule has 162 valence electrons. The number of nitrogens with zero attached hydrogens (tertiary/aromatic N) is 3. The Morgan fingerprint density at radius 2 is 1.94 bits per heavy atom. The van der Waals surface area contributed by atoms with Crippen LogP contribution in [0.15, 0.2) is 52.9 Å². The van der Waals surface area contributed by atoms with Gasteiger partial charge in [-0.05, 0) is 63.2 Å². The number of amides is 1. The van der Waals surface area contributed by atoms with E-state index < -0.39 is 0 Å². The number of ether oxygens (including phenoxy) is 1. The van der Waals surface area contributed by atoms with E-state index in [2.05, 4.69) is 25.7 Å². The highest BCUT2D eigenvalue weighted by atomic mass is 16.5. The lowest BCUT2D eigenvalue weighted by Gasteiger charge is -2.13. The lowest BCUT2D eigenvalue weighted by molar-refractivity contribution is 0.102. The van der Waals surface area contributed by atoms with E-state index in [-0.39, 0.29) is 5.91 Å². The zero-order valence-electron chi connectivity index (χ0n) is 17.6. The number of nitrogens with one attached hydrogen (secondary N) is 2. The fourth-order valence-corrected chi connectivity index (χ4v) is 3.65. The Bertz CT molecular complexity index is 999. The van der Waals surface area contributed by atoms with Gasteiger partial charge in [0.05, 0.1) is 12.7 Å². The molecule has 4 rings (SSSR count). The van der Waals surface area contributed by atoms with Crippen molar-refractivity contribution in [1.29, 1.82) is 0 Å². The van der Waals surface area contributed by atoms with Crippen molar-refractivity contribution in [2.24, 2.45) is 0 Å². The molecule has 1 saturated heterocycles. The van der Waals surface area contributed by atoms with Gasteiger partial charge in [-0.15, -0.1) is 5.10 Å². The Kier molecular flexibility index (Phi) is 6.78. The first-order chi connectivity index (χ1) is 15.2. The number of hydrogen-bond donors (Lipinski definition) is 2. The van der Waals surface area contributed by atoms with Crippen LogP contribution in [0.5, 0.6) is 5.75 Å². The van der Waals surface area contributed by atoms with Crippen molar-refractivity contribution >= 4 is 17.6 Å². The summed E-state index contributed by atoms with van der Waals surface area (Å²) in [6.45, 7) is 4.26. The molecule has 1 aliphatic rings. The second kappa shape index (κ2) is 10.1. The van der Waals surface area contributed by atoms with Crippen LogP contribution >= 0.6 is 0 Å². The number of likely N-dealkylation sites (tertiary alicyclic amines) is 1. The lowest BCUT2D eigenvalue weighted by Crippen LogP contribution is -2.22. The molecule has 0 saturated carbocycles. The maximum atomic E-state index is 12.4. The summed E-state index contributed by atoms with van der Waals surface area (Å²) < 4.78 is 11.2. The van der Waals surface area contributed by atoms with Crippen LogP contribution in [0.1, 0.15) is 29.6 Å². The molecule has 0 radical (unpaired) electrons. The normalized spacial score (nSPS) is 13.8. The molecule has 8 nitrogen and oxygen atoms in total. The zero-order valence-corrected chi connectivity index (χ0v) is 17.6. The largest absolute Gasteiger partial charge is 0.496 e. The van der Waals surface area contributed by atoms with Crippen LogP contribution in [-0.2, 0) is 0 Å². The number of aromatic nitrogens is 2. The van der Waals surface area contributed by atoms with Gasteiger partial charge in [-0.25, -0.2) is 0 Å². The highest BCUT2D eigenvalue weighted by Gasteiger charge is 2.16. The Morgan fingerprint density at radius 1 is 1.13 bits per heavy atom. The van der Waals surface area contributed by atoms with Gasteiger partial charge in [0.1, 0.15) is 5.75 Å². The number of hydrogen-bond acceptors (Lipinski definition) is 7. The maximum absolute atomic E-state index is 12.4. The van der Waals surface area contributed by atoms with Crippen molar-refractivity contribution in [1.82, 2.24) is 15.1 Å². The van der Waals surface area contributed by atoms with Crippen molar-refractivity contribution in [2.45, 2.75) is 19.3 Å². The molecule has 0 unspecified atom stereocenters. The maximum Gasteiger partial charge on any atom is 0.315 e. The molecule has 8 heteroatoms. The Morgan fingerprint density at radius 3 is 2.71 bits per heavy atom. The lowest BCUT2D eigenvalue weighted by atomic mass is 10.1. The van der Waals surface area contributed by atoms with E-state index >= 15 is 0 Å². The third kappa shape index (κ3) is 5.40. The summed E-state index contributed by atoms with van der Waals surface area (Å²) in [5.74, 6) is 0.712. The molecule has 3 aromatic rings. The molecule has 2 N–H and O–H groups in total. The monoisotopic (exact) mass is 421 g/mol. The van der Waals surface area contributed by atoms with Gasteiger partial charge in [0.15, 0.2) is 0 Å². The highest BCUT2D eigenvalue weighted by molar-refractivity contribution is 6.04. The highest BCUT2D eigenvalue weighted by Crippen LogP contribution is 2.32. The molecule has 1 aliphatic heterocycles. The second-order valence-corrected chi connectivity index (χ2v) is 7.48. The van der Waals surface area contributed by atoms with Gasteiger partial charge in [0.25, 0.3) is 11.8 Å². The first kappa shape index (κ1) is 20.9. The minimum Gasteiger partial charge on any atom is -0.496 e. The van der Waals surface area contributed by atoms with Crippen LogP contribution in [0.2, 0.25) is 0 Å². The molecule has 0 atom stereocenters. The molecular formula is C23H27N5O3. The summed E-state index contributed by atoms with van der Waals surface area (Å²) >= 11 is 0. The van der Waals surface area contributed by atoms with Crippen LogP contribution < -0.4 is 15.4 Å². The van der Waals surface area contributed by atoms with Crippen LogP contribution in [0.3, 0.4) is 0 Å². The van der Waals surface area contributed by atoms with E-state index in [1.807, 2.05) is 18.2 Å². The van der Waals surface area contributed by atoms with Gasteiger partial charge in [-0.2, -0.15) is 0 Å². The van der Waals surface area contributed by atoms with Crippen LogP contribution in [-0.4, -0.2) is 54.3 Å².